The van der Waals surface area contributed by atoms with E-state index in [0.29, 0.717) is 0 Å². The van der Waals surface area contributed by atoms with E-state index in [2.05, 4.69) is 40.5 Å². The second-order valence-electron chi connectivity index (χ2n) is 5.69. The molecule has 6 heteroatoms. The molecule has 0 unspecified atom stereocenters. The summed E-state index contributed by atoms with van der Waals surface area (Å²) in [6.07, 6.45) is 0. The molecule has 1 aromatic carbocycles. The minimum atomic E-state index is 0.719. The molecule has 1 saturated heterocycles. The molecule has 3 aromatic rings. The lowest BCUT2D eigenvalue weighted by Crippen LogP contribution is -2.37. The van der Waals surface area contributed by atoms with Crippen molar-refractivity contribution in [1.29, 1.82) is 0 Å². The topological polar surface area (TPSA) is 34.7 Å². The quantitative estimate of drug-likeness (QED) is 0.681. The van der Waals surface area contributed by atoms with E-state index in [1.54, 1.807) is 0 Å². The molecule has 0 aliphatic carbocycles. The zero-order valence-electron chi connectivity index (χ0n) is 12.5. The van der Waals surface area contributed by atoms with Gasteiger partial charge in [0.15, 0.2) is 5.65 Å². The Morgan fingerprint density at radius 1 is 1.23 bits per heavy atom. The number of morpholine rings is 1. The maximum atomic E-state index is 5.67. The van der Waals surface area contributed by atoms with Crippen LogP contribution in [0.2, 0.25) is 0 Å². The van der Waals surface area contributed by atoms with Crippen molar-refractivity contribution in [2.24, 2.45) is 0 Å². The largest absolute Gasteiger partial charge is 0.379 e. The van der Waals surface area contributed by atoms with Crippen LogP contribution >= 0.6 is 12.2 Å². The summed E-state index contributed by atoms with van der Waals surface area (Å²) in [5.74, 6) is 0. The van der Waals surface area contributed by atoms with Gasteiger partial charge in [0.2, 0.25) is 4.77 Å². The van der Waals surface area contributed by atoms with Crippen LogP contribution in [0.5, 0.6) is 0 Å². The van der Waals surface area contributed by atoms with E-state index in [1.807, 2.05) is 10.7 Å². The number of pyridine rings is 1. The highest BCUT2D eigenvalue weighted by Gasteiger charge is 2.14. The summed E-state index contributed by atoms with van der Waals surface area (Å²) >= 11 is 5.67. The zero-order chi connectivity index (χ0) is 15.1. The van der Waals surface area contributed by atoms with Crippen LogP contribution in [0.4, 0.5) is 0 Å². The molecule has 1 fully saturated rings. The van der Waals surface area contributed by atoms with Crippen LogP contribution in [0, 0.1) is 11.7 Å². The third-order valence-corrected chi connectivity index (χ3v) is 4.61. The smallest absolute Gasteiger partial charge is 0.204 e. The van der Waals surface area contributed by atoms with Crippen LogP contribution in [-0.4, -0.2) is 45.4 Å². The number of benzene rings is 1. The number of ether oxygens (including phenoxy) is 1. The first-order chi connectivity index (χ1) is 10.7. The maximum absolute atomic E-state index is 5.67. The van der Waals surface area contributed by atoms with Gasteiger partial charge in [0.05, 0.1) is 25.4 Å². The number of aromatic nitrogens is 3. The highest BCUT2D eigenvalue weighted by Crippen LogP contribution is 2.21. The SMILES string of the molecule is Cc1cc2nn(CN3CCOCC3)c(=S)n2c2ccccc12. The molecule has 5 nitrogen and oxygen atoms in total. The number of hydrogen-bond acceptors (Lipinski definition) is 4. The first-order valence-corrected chi connectivity index (χ1v) is 7.93. The molecule has 0 saturated carbocycles. The van der Waals surface area contributed by atoms with Crippen LogP contribution < -0.4 is 0 Å². The Morgan fingerprint density at radius 3 is 2.82 bits per heavy atom. The van der Waals surface area contributed by atoms with E-state index in [4.69, 9.17) is 22.1 Å². The fraction of sp³-hybridized carbons (Fsp3) is 0.375. The predicted molar refractivity (Wildman–Crippen MR) is 88.7 cm³/mol. The Balaban J connectivity index is 1.86. The molecule has 114 valence electrons. The van der Waals surface area contributed by atoms with Gasteiger partial charge in [0.1, 0.15) is 0 Å². The lowest BCUT2D eigenvalue weighted by Gasteiger charge is -2.25. The van der Waals surface area contributed by atoms with Crippen LogP contribution in [0.1, 0.15) is 5.56 Å². The lowest BCUT2D eigenvalue weighted by atomic mass is 10.1. The Labute approximate surface area is 133 Å². The van der Waals surface area contributed by atoms with E-state index in [9.17, 15) is 0 Å². The summed E-state index contributed by atoms with van der Waals surface area (Å²) in [6, 6.07) is 10.4. The van der Waals surface area contributed by atoms with E-state index in [0.717, 1.165) is 48.9 Å². The number of para-hydroxylation sites is 1. The van der Waals surface area contributed by atoms with Gasteiger partial charge in [-0.15, -0.1) is 0 Å². The van der Waals surface area contributed by atoms with Crippen molar-refractivity contribution >= 4 is 28.8 Å². The summed E-state index contributed by atoms with van der Waals surface area (Å²) in [4.78, 5) is 2.32. The van der Waals surface area contributed by atoms with Crippen LogP contribution in [-0.2, 0) is 11.4 Å². The summed E-state index contributed by atoms with van der Waals surface area (Å²) < 4.78 is 10.1. The van der Waals surface area contributed by atoms with Gasteiger partial charge in [-0.2, -0.15) is 5.10 Å². The molecule has 0 radical (unpaired) electrons. The van der Waals surface area contributed by atoms with Crippen molar-refractivity contribution in [2.45, 2.75) is 13.6 Å². The van der Waals surface area contributed by atoms with Crippen molar-refractivity contribution < 1.29 is 4.74 Å². The van der Waals surface area contributed by atoms with E-state index in [-0.39, 0.29) is 0 Å². The zero-order valence-corrected chi connectivity index (χ0v) is 13.3. The van der Waals surface area contributed by atoms with Gasteiger partial charge < -0.3 is 4.74 Å². The van der Waals surface area contributed by atoms with Crippen molar-refractivity contribution in [2.75, 3.05) is 26.3 Å². The number of nitrogens with zero attached hydrogens (tertiary/aromatic N) is 4. The van der Waals surface area contributed by atoms with Crippen molar-refractivity contribution in [1.82, 2.24) is 19.1 Å². The minimum absolute atomic E-state index is 0.719. The first-order valence-electron chi connectivity index (χ1n) is 7.52. The normalized spacial score (nSPS) is 16.6. The van der Waals surface area contributed by atoms with Gasteiger partial charge >= 0.3 is 0 Å². The molecule has 1 aliphatic heterocycles. The average Bonchev–Trinajstić information content (AvgIpc) is 2.85. The highest BCUT2D eigenvalue weighted by atomic mass is 32.1. The standard InChI is InChI=1S/C16H18N4OS/c1-12-10-15-17-19(11-18-6-8-21-9-7-18)16(22)20(15)14-5-3-2-4-13(12)14/h2-5,10H,6-9,11H2,1H3. The average molecular weight is 314 g/mol. The summed E-state index contributed by atoms with van der Waals surface area (Å²) in [7, 11) is 0. The number of rotatable bonds is 2. The first kappa shape index (κ1) is 13.9. The van der Waals surface area contributed by atoms with Gasteiger partial charge in [-0.3, -0.25) is 9.30 Å². The molecule has 0 N–H and O–H groups in total. The predicted octanol–water partition coefficient (Wildman–Crippen LogP) is 2.62. The maximum Gasteiger partial charge on any atom is 0.204 e. The molecule has 0 amide bonds. The second-order valence-corrected chi connectivity index (χ2v) is 6.06. The van der Waals surface area contributed by atoms with Gasteiger partial charge in [0.25, 0.3) is 0 Å². The van der Waals surface area contributed by atoms with Gasteiger partial charge in [-0.1, -0.05) is 18.2 Å². The molecule has 3 heterocycles. The number of fused-ring (bicyclic) bond motifs is 3. The highest BCUT2D eigenvalue weighted by molar-refractivity contribution is 7.71. The fourth-order valence-electron chi connectivity index (χ4n) is 3.04. The van der Waals surface area contributed by atoms with Crippen LogP contribution in [0.15, 0.2) is 30.3 Å². The lowest BCUT2D eigenvalue weighted by molar-refractivity contribution is 0.0210. The molecule has 0 spiro atoms. The van der Waals surface area contributed by atoms with Crippen LogP contribution in [0.25, 0.3) is 16.6 Å². The number of aryl methyl sites for hydroxylation is 1. The van der Waals surface area contributed by atoms with E-state index < -0.39 is 0 Å². The minimum Gasteiger partial charge on any atom is -0.379 e. The Hall–Kier alpha value is -1.76. The molecule has 22 heavy (non-hydrogen) atoms. The van der Waals surface area contributed by atoms with Gasteiger partial charge in [-0.25, -0.2) is 4.68 Å². The van der Waals surface area contributed by atoms with Crippen molar-refractivity contribution in [3.8, 4) is 0 Å². The molecule has 1 aliphatic rings. The fourth-order valence-corrected chi connectivity index (χ4v) is 3.33. The Bertz CT molecular complexity index is 892. The molecule has 0 bridgehead atoms. The molecule has 4 rings (SSSR count). The summed E-state index contributed by atoms with van der Waals surface area (Å²) in [5, 5.41) is 5.93. The monoisotopic (exact) mass is 314 g/mol. The Kier molecular flexibility index (Phi) is 3.44. The van der Waals surface area contributed by atoms with Crippen molar-refractivity contribution in [3.05, 3.63) is 40.7 Å². The van der Waals surface area contributed by atoms with Gasteiger partial charge in [-0.05, 0) is 36.8 Å². The molecule has 0 atom stereocenters. The molecular formula is C16H18N4OS. The van der Waals surface area contributed by atoms with Crippen molar-refractivity contribution in [3.63, 3.8) is 0 Å². The summed E-state index contributed by atoms with van der Waals surface area (Å²) in [5.41, 5.74) is 3.26. The third kappa shape index (κ3) is 2.24. The second kappa shape index (κ2) is 5.46. The molecule has 2 aromatic heterocycles. The molecular weight excluding hydrogens is 296 g/mol. The van der Waals surface area contributed by atoms with E-state index >= 15 is 0 Å². The van der Waals surface area contributed by atoms with E-state index in [1.165, 1.54) is 10.9 Å². The number of hydrogen-bond donors (Lipinski definition) is 0. The van der Waals surface area contributed by atoms with Gasteiger partial charge in [0, 0.05) is 18.5 Å². The third-order valence-electron chi connectivity index (χ3n) is 4.22. The van der Waals surface area contributed by atoms with Crippen LogP contribution in [0.3, 0.4) is 0 Å². The summed E-state index contributed by atoms with van der Waals surface area (Å²) in [6.45, 7) is 6.25. The Morgan fingerprint density at radius 2 is 2.00 bits per heavy atom.